The Labute approximate surface area is 278 Å². The van der Waals surface area contributed by atoms with Crippen molar-refractivity contribution in [3.05, 3.63) is 136 Å². The Morgan fingerprint density at radius 1 is 0.830 bits per heavy atom. The molecule has 5 aromatic rings. The number of methoxy groups -OCH3 is 1. The molecule has 0 spiro atoms. The number of ether oxygens (including phenoxy) is 1. The molecule has 8 nitrogen and oxygen atoms in total. The zero-order chi connectivity index (χ0) is 33.6. The van der Waals surface area contributed by atoms with Crippen LogP contribution in [0.25, 0.3) is 11.1 Å². The second-order valence-corrected chi connectivity index (χ2v) is 14.5. The van der Waals surface area contributed by atoms with Crippen LogP contribution in [0.15, 0.2) is 107 Å². The lowest BCUT2D eigenvalue weighted by Crippen LogP contribution is -2.25. The minimum atomic E-state index is -3.65. The van der Waals surface area contributed by atoms with E-state index >= 15 is 0 Å². The van der Waals surface area contributed by atoms with Crippen molar-refractivity contribution >= 4 is 10.0 Å². The minimum Gasteiger partial charge on any atom is -0.496 e. The first-order valence-corrected chi connectivity index (χ1v) is 17.5. The molecule has 0 aliphatic rings. The van der Waals surface area contributed by atoms with Gasteiger partial charge in [-0.3, -0.25) is 4.57 Å². The largest absolute Gasteiger partial charge is 0.496 e. The molecular weight excluding hydrogens is 609 g/mol. The van der Waals surface area contributed by atoms with Crippen molar-refractivity contribution in [2.75, 3.05) is 7.11 Å². The number of hydrogen-bond donors (Lipinski definition) is 1. The molecule has 0 aliphatic carbocycles. The molecule has 0 unspecified atom stereocenters. The van der Waals surface area contributed by atoms with Gasteiger partial charge in [0.1, 0.15) is 11.6 Å². The van der Waals surface area contributed by atoms with Crippen LogP contribution in [0.1, 0.15) is 62.2 Å². The van der Waals surface area contributed by atoms with E-state index in [0.717, 1.165) is 40.9 Å². The molecule has 1 aromatic heterocycles. The number of nitrogens with zero attached hydrogens (tertiary/aromatic N) is 3. The maximum Gasteiger partial charge on any atom is 0.346 e. The number of benzene rings is 4. The molecule has 1 heterocycles. The highest BCUT2D eigenvalue weighted by Crippen LogP contribution is 2.28. The van der Waals surface area contributed by atoms with E-state index in [0.29, 0.717) is 25.3 Å². The van der Waals surface area contributed by atoms with Crippen LogP contribution in [0.3, 0.4) is 0 Å². The summed E-state index contributed by atoms with van der Waals surface area (Å²) in [5.74, 6) is 1.43. The first-order chi connectivity index (χ1) is 22.5. The van der Waals surface area contributed by atoms with Gasteiger partial charge in [0, 0.05) is 25.1 Å². The lowest BCUT2D eigenvalue weighted by molar-refractivity contribution is 0.409. The van der Waals surface area contributed by atoms with Crippen LogP contribution in [0.2, 0.25) is 0 Å². The Morgan fingerprint density at radius 2 is 1.49 bits per heavy atom. The molecule has 0 saturated carbocycles. The molecule has 47 heavy (non-hydrogen) atoms. The first kappa shape index (κ1) is 33.9. The Morgan fingerprint density at radius 3 is 2.13 bits per heavy atom. The normalized spacial score (nSPS) is 11.9. The lowest BCUT2D eigenvalue weighted by atomic mass is 9.87. The summed E-state index contributed by atoms with van der Waals surface area (Å²) in [7, 11) is -2.07. The van der Waals surface area contributed by atoms with E-state index in [9.17, 15) is 13.2 Å². The van der Waals surface area contributed by atoms with Crippen LogP contribution in [-0.4, -0.2) is 29.9 Å². The van der Waals surface area contributed by atoms with E-state index in [1.807, 2.05) is 25.1 Å². The monoisotopic (exact) mass is 652 g/mol. The van der Waals surface area contributed by atoms with Crippen molar-refractivity contribution < 1.29 is 13.2 Å². The summed E-state index contributed by atoms with van der Waals surface area (Å²) in [5, 5.41) is 4.72. The van der Waals surface area contributed by atoms with Crippen molar-refractivity contribution in [2.45, 2.75) is 76.9 Å². The van der Waals surface area contributed by atoms with Crippen molar-refractivity contribution in [2.24, 2.45) is 0 Å². The molecule has 5 rings (SSSR count). The van der Waals surface area contributed by atoms with Gasteiger partial charge in [-0.25, -0.2) is 22.6 Å². The zero-order valence-corrected chi connectivity index (χ0v) is 28.7. The third kappa shape index (κ3) is 8.28. The maximum absolute atomic E-state index is 13.1. The Kier molecular flexibility index (Phi) is 10.5. The van der Waals surface area contributed by atoms with E-state index in [1.54, 1.807) is 46.7 Å². The molecule has 0 radical (unpaired) electrons. The van der Waals surface area contributed by atoms with Crippen LogP contribution in [0, 0.1) is 0 Å². The van der Waals surface area contributed by atoms with Gasteiger partial charge in [-0.15, -0.1) is 0 Å². The fraction of sp³-hybridized carbons (Fsp3) is 0.316. The topological polar surface area (TPSA) is 95.2 Å². The zero-order valence-electron chi connectivity index (χ0n) is 27.9. The molecule has 1 N–H and O–H groups in total. The quantitative estimate of drug-likeness (QED) is 0.152. The fourth-order valence-electron chi connectivity index (χ4n) is 5.64. The van der Waals surface area contributed by atoms with Gasteiger partial charge in [0.05, 0.1) is 18.6 Å². The first-order valence-electron chi connectivity index (χ1n) is 16.1. The second kappa shape index (κ2) is 14.5. The Balaban J connectivity index is 1.21. The van der Waals surface area contributed by atoms with Crippen LogP contribution >= 0.6 is 0 Å². The molecule has 4 aromatic carbocycles. The van der Waals surface area contributed by atoms with Gasteiger partial charge in [-0.05, 0) is 77.3 Å². The Bertz CT molecular complexity index is 1960. The number of sulfonamides is 1. The van der Waals surface area contributed by atoms with Gasteiger partial charge < -0.3 is 4.74 Å². The standard InChI is InChI=1S/C38H44N4O4S/c1-6-41-36(40-42(37(41)43)27-29-17-22-33(23-18-29)38(2,3)4)14-10-11-28-15-19-30(20-16-28)31-21-24-35(46-5)32(25-31)26-39-47(44,45)34-12-8-7-9-13-34/h7-9,12-13,15-25,39H,6,10-11,14,26-27H2,1-5H3. The number of rotatable bonds is 13. The van der Waals surface area contributed by atoms with Gasteiger partial charge in [-0.2, -0.15) is 5.10 Å². The maximum atomic E-state index is 13.1. The van der Waals surface area contributed by atoms with Gasteiger partial charge in [-0.1, -0.05) is 93.6 Å². The molecule has 0 amide bonds. The average Bonchev–Trinajstić information content (AvgIpc) is 3.37. The number of aromatic nitrogens is 3. The summed E-state index contributed by atoms with van der Waals surface area (Å²) in [4.78, 5) is 13.3. The predicted molar refractivity (Wildman–Crippen MR) is 187 cm³/mol. The average molecular weight is 653 g/mol. The number of nitrogens with one attached hydrogen (secondary N) is 1. The molecule has 0 bridgehead atoms. The van der Waals surface area contributed by atoms with E-state index in [2.05, 4.69) is 74.0 Å². The molecule has 0 saturated heterocycles. The van der Waals surface area contributed by atoms with Gasteiger partial charge in [0.2, 0.25) is 10.0 Å². The summed E-state index contributed by atoms with van der Waals surface area (Å²) < 4.78 is 37.1. The molecule has 246 valence electrons. The SMILES string of the molecule is CCn1c(CCCc2ccc(-c3ccc(OC)c(CNS(=O)(=O)c4ccccc4)c3)cc2)nn(Cc2ccc(C(C)(C)C)cc2)c1=O. The summed E-state index contributed by atoms with van der Waals surface area (Å²) >= 11 is 0. The van der Waals surface area contributed by atoms with Crippen LogP contribution in [0.5, 0.6) is 5.75 Å². The van der Waals surface area contributed by atoms with Crippen molar-refractivity contribution in [1.29, 1.82) is 0 Å². The van der Waals surface area contributed by atoms with Crippen molar-refractivity contribution in [1.82, 2.24) is 19.1 Å². The van der Waals surface area contributed by atoms with Crippen LogP contribution in [-0.2, 0) is 47.9 Å². The van der Waals surface area contributed by atoms with Gasteiger partial charge in [0.25, 0.3) is 0 Å². The molecular formula is C38H44N4O4S. The summed E-state index contributed by atoms with van der Waals surface area (Å²) in [6, 6.07) is 30.9. The highest BCUT2D eigenvalue weighted by molar-refractivity contribution is 7.89. The van der Waals surface area contributed by atoms with Gasteiger partial charge >= 0.3 is 5.69 Å². The minimum absolute atomic E-state index is 0.0709. The molecule has 0 fully saturated rings. The van der Waals surface area contributed by atoms with Crippen molar-refractivity contribution in [3.8, 4) is 16.9 Å². The summed E-state index contributed by atoms with van der Waals surface area (Å²) in [6.07, 6.45) is 2.43. The van der Waals surface area contributed by atoms with Crippen LogP contribution < -0.4 is 15.1 Å². The predicted octanol–water partition coefficient (Wildman–Crippen LogP) is 6.74. The number of hydrogen-bond acceptors (Lipinski definition) is 5. The third-order valence-corrected chi connectivity index (χ3v) is 9.82. The molecule has 0 aliphatic heterocycles. The van der Waals surface area contributed by atoms with E-state index in [1.165, 1.54) is 11.1 Å². The third-order valence-electron chi connectivity index (χ3n) is 8.41. The summed E-state index contributed by atoms with van der Waals surface area (Å²) in [6.45, 7) is 9.70. The van der Waals surface area contributed by atoms with Gasteiger partial charge in [0.15, 0.2) is 0 Å². The van der Waals surface area contributed by atoms with E-state index in [-0.39, 0.29) is 22.5 Å². The number of aryl methyl sites for hydroxylation is 2. The second-order valence-electron chi connectivity index (χ2n) is 12.8. The van der Waals surface area contributed by atoms with Crippen LogP contribution in [0.4, 0.5) is 0 Å². The van der Waals surface area contributed by atoms with E-state index < -0.39 is 10.0 Å². The fourth-order valence-corrected chi connectivity index (χ4v) is 6.67. The molecule has 9 heteroatoms. The Hall–Kier alpha value is -4.47. The highest BCUT2D eigenvalue weighted by atomic mass is 32.2. The lowest BCUT2D eigenvalue weighted by Gasteiger charge is -2.19. The van der Waals surface area contributed by atoms with E-state index in [4.69, 9.17) is 9.84 Å². The summed E-state index contributed by atoms with van der Waals surface area (Å²) in [5.41, 5.74) is 6.27. The van der Waals surface area contributed by atoms with Crippen molar-refractivity contribution in [3.63, 3.8) is 0 Å². The highest BCUT2D eigenvalue weighted by Gasteiger charge is 2.17. The smallest absolute Gasteiger partial charge is 0.346 e. The molecule has 0 atom stereocenters.